The Labute approximate surface area is 89.2 Å². The lowest BCUT2D eigenvalue weighted by Crippen LogP contribution is -2.23. The van der Waals surface area contributed by atoms with E-state index in [1.165, 1.54) is 6.07 Å². The van der Waals surface area contributed by atoms with E-state index in [1.807, 2.05) is 0 Å². The van der Waals surface area contributed by atoms with Crippen LogP contribution < -0.4 is 5.73 Å². The molecule has 0 saturated carbocycles. The van der Waals surface area contributed by atoms with E-state index in [1.54, 1.807) is 12.1 Å². The van der Waals surface area contributed by atoms with E-state index >= 15 is 0 Å². The molecule has 0 radical (unpaired) electrons. The van der Waals surface area contributed by atoms with Gasteiger partial charge in [-0.2, -0.15) is 0 Å². The van der Waals surface area contributed by atoms with Crippen molar-refractivity contribution in [1.82, 2.24) is 4.90 Å². The van der Waals surface area contributed by atoms with Crippen molar-refractivity contribution >= 4 is 11.3 Å². The smallest absolute Gasteiger partial charge is 0.130 e. The van der Waals surface area contributed by atoms with Crippen molar-refractivity contribution in [3.05, 3.63) is 35.7 Å². The third-order valence-electron chi connectivity index (χ3n) is 2.75. The number of nitrogens with zero attached hydrogens (tertiary/aromatic N) is 1. The molecule has 2 N–H and O–H groups in total. The maximum absolute atomic E-state index is 13.5. The van der Waals surface area contributed by atoms with Gasteiger partial charge in [0.25, 0.3) is 0 Å². The van der Waals surface area contributed by atoms with Crippen LogP contribution in [0.15, 0.2) is 24.3 Å². The van der Waals surface area contributed by atoms with E-state index in [0.29, 0.717) is 11.3 Å². The average molecular weight is 206 g/mol. The molecule has 0 saturated heterocycles. The number of likely N-dealkylation sites (N-methyl/N-ethyl adjacent to an activating group) is 1. The molecule has 0 aromatic heterocycles. The Morgan fingerprint density at radius 3 is 2.87 bits per heavy atom. The van der Waals surface area contributed by atoms with E-state index in [2.05, 4.69) is 18.0 Å². The molecule has 0 aliphatic carbocycles. The lowest BCUT2D eigenvalue weighted by atomic mass is 9.99. The summed E-state index contributed by atoms with van der Waals surface area (Å²) in [5.41, 5.74) is 8.00. The zero-order chi connectivity index (χ0) is 10.8. The van der Waals surface area contributed by atoms with Gasteiger partial charge >= 0.3 is 0 Å². The van der Waals surface area contributed by atoms with Crippen molar-refractivity contribution in [1.29, 1.82) is 0 Å². The highest BCUT2D eigenvalue weighted by molar-refractivity contribution is 5.69. The number of rotatable bonds is 1. The summed E-state index contributed by atoms with van der Waals surface area (Å²) >= 11 is 0. The highest BCUT2D eigenvalue weighted by atomic mass is 19.1. The van der Waals surface area contributed by atoms with E-state index < -0.39 is 0 Å². The maximum atomic E-state index is 13.5. The van der Waals surface area contributed by atoms with Crippen LogP contribution in [0.3, 0.4) is 0 Å². The molecule has 0 amide bonds. The molecule has 80 valence electrons. The Hall–Kier alpha value is -1.35. The molecule has 0 bridgehead atoms. The molecule has 0 spiro atoms. The highest BCUT2D eigenvalue weighted by Crippen LogP contribution is 2.25. The zero-order valence-electron chi connectivity index (χ0n) is 8.83. The largest absolute Gasteiger partial charge is 0.399 e. The maximum Gasteiger partial charge on any atom is 0.130 e. The Kier molecular flexibility index (Phi) is 2.73. The van der Waals surface area contributed by atoms with Gasteiger partial charge in [-0.15, -0.1) is 0 Å². The highest BCUT2D eigenvalue weighted by Gasteiger charge is 2.13. The van der Waals surface area contributed by atoms with Crippen LogP contribution in [-0.2, 0) is 0 Å². The lowest BCUT2D eigenvalue weighted by Gasteiger charge is -2.22. The molecular formula is C12H15FN2. The number of anilines is 1. The quantitative estimate of drug-likeness (QED) is 0.713. The summed E-state index contributed by atoms with van der Waals surface area (Å²) in [5.74, 6) is -0.181. The van der Waals surface area contributed by atoms with Crippen molar-refractivity contribution < 1.29 is 4.39 Å². The van der Waals surface area contributed by atoms with E-state index in [9.17, 15) is 4.39 Å². The Balaban J connectivity index is 2.33. The monoisotopic (exact) mass is 206 g/mol. The number of nitrogens with two attached hydrogens (primary N) is 1. The molecule has 1 aliphatic rings. The molecule has 3 heteroatoms. The van der Waals surface area contributed by atoms with Crippen molar-refractivity contribution in [3.63, 3.8) is 0 Å². The van der Waals surface area contributed by atoms with Crippen molar-refractivity contribution in [2.75, 3.05) is 25.9 Å². The molecule has 0 atom stereocenters. The number of hydrogen-bond acceptors (Lipinski definition) is 2. The third-order valence-corrected chi connectivity index (χ3v) is 2.75. The minimum absolute atomic E-state index is 0.181. The first kappa shape index (κ1) is 10.2. The second-order valence-corrected chi connectivity index (χ2v) is 3.98. The summed E-state index contributed by atoms with van der Waals surface area (Å²) in [6, 6.07) is 4.74. The van der Waals surface area contributed by atoms with Gasteiger partial charge in [0.05, 0.1) is 0 Å². The van der Waals surface area contributed by atoms with Crippen molar-refractivity contribution in [3.8, 4) is 0 Å². The molecule has 2 rings (SSSR count). The predicted molar refractivity (Wildman–Crippen MR) is 60.9 cm³/mol. The molecule has 1 aliphatic heterocycles. The SMILES string of the molecule is CN1CC=C(c2cc(N)ccc2F)CC1. The van der Waals surface area contributed by atoms with Gasteiger partial charge in [-0.1, -0.05) is 6.08 Å². The Bertz CT molecular complexity index is 399. The summed E-state index contributed by atoms with van der Waals surface area (Å²) in [5, 5.41) is 0. The lowest BCUT2D eigenvalue weighted by molar-refractivity contribution is 0.369. The Morgan fingerprint density at radius 2 is 2.20 bits per heavy atom. The van der Waals surface area contributed by atoms with Gasteiger partial charge in [-0.05, 0) is 37.2 Å². The summed E-state index contributed by atoms with van der Waals surface area (Å²) < 4.78 is 13.5. The van der Waals surface area contributed by atoms with Crippen LogP contribution in [0.2, 0.25) is 0 Å². The molecule has 15 heavy (non-hydrogen) atoms. The van der Waals surface area contributed by atoms with Gasteiger partial charge in [0.2, 0.25) is 0 Å². The molecule has 1 heterocycles. The summed E-state index contributed by atoms with van der Waals surface area (Å²) in [6.45, 7) is 1.85. The number of nitrogen functional groups attached to an aromatic ring is 1. The minimum atomic E-state index is -0.181. The Morgan fingerprint density at radius 1 is 1.40 bits per heavy atom. The summed E-state index contributed by atoms with van der Waals surface area (Å²) in [6.07, 6.45) is 2.96. The standard InChI is InChI=1S/C12H15FN2/c1-15-6-4-9(5-7-15)11-8-10(14)2-3-12(11)13/h2-4,8H,5-7,14H2,1H3. The fourth-order valence-corrected chi connectivity index (χ4v) is 1.80. The van der Waals surface area contributed by atoms with Gasteiger partial charge in [0, 0.05) is 24.3 Å². The molecule has 0 fully saturated rings. The summed E-state index contributed by atoms with van der Waals surface area (Å²) in [4.78, 5) is 2.20. The normalized spacial score (nSPS) is 17.6. The predicted octanol–water partition coefficient (Wildman–Crippen LogP) is 2.13. The van der Waals surface area contributed by atoms with Gasteiger partial charge in [-0.25, -0.2) is 4.39 Å². The average Bonchev–Trinajstić information content (AvgIpc) is 2.23. The third kappa shape index (κ3) is 2.18. The van der Waals surface area contributed by atoms with Crippen LogP contribution in [0.4, 0.5) is 10.1 Å². The zero-order valence-corrected chi connectivity index (χ0v) is 8.83. The first-order chi connectivity index (χ1) is 7.16. The molecule has 1 aromatic carbocycles. The van der Waals surface area contributed by atoms with Crippen molar-refractivity contribution in [2.45, 2.75) is 6.42 Å². The first-order valence-corrected chi connectivity index (χ1v) is 5.10. The number of hydrogen-bond donors (Lipinski definition) is 1. The van der Waals surface area contributed by atoms with Gasteiger partial charge in [0.1, 0.15) is 5.82 Å². The van der Waals surface area contributed by atoms with Gasteiger partial charge in [-0.3, -0.25) is 0 Å². The van der Waals surface area contributed by atoms with Crippen LogP contribution in [-0.4, -0.2) is 25.0 Å². The van der Waals surface area contributed by atoms with Crippen LogP contribution in [0.25, 0.3) is 5.57 Å². The minimum Gasteiger partial charge on any atom is -0.399 e. The van der Waals surface area contributed by atoms with E-state index in [4.69, 9.17) is 5.73 Å². The number of halogens is 1. The van der Waals surface area contributed by atoms with Gasteiger partial charge < -0.3 is 10.6 Å². The molecule has 1 aromatic rings. The summed E-state index contributed by atoms with van der Waals surface area (Å²) in [7, 11) is 2.06. The number of benzene rings is 1. The molecule has 0 unspecified atom stereocenters. The topological polar surface area (TPSA) is 29.3 Å². The van der Waals surface area contributed by atoms with Crippen molar-refractivity contribution in [2.24, 2.45) is 0 Å². The van der Waals surface area contributed by atoms with Crippen LogP contribution >= 0.6 is 0 Å². The molecule has 2 nitrogen and oxygen atoms in total. The fourth-order valence-electron chi connectivity index (χ4n) is 1.80. The fraction of sp³-hybridized carbons (Fsp3) is 0.333. The first-order valence-electron chi connectivity index (χ1n) is 5.10. The second-order valence-electron chi connectivity index (χ2n) is 3.98. The van der Waals surface area contributed by atoms with Crippen LogP contribution in [0.5, 0.6) is 0 Å². The molecular weight excluding hydrogens is 191 g/mol. The van der Waals surface area contributed by atoms with E-state index in [0.717, 1.165) is 25.1 Å². The second kappa shape index (κ2) is 4.03. The van der Waals surface area contributed by atoms with Crippen LogP contribution in [0.1, 0.15) is 12.0 Å². The van der Waals surface area contributed by atoms with E-state index in [-0.39, 0.29) is 5.82 Å². The van der Waals surface area contributed by atoms with Crippen LogP contribution in [0, 0.1) is 5.82 Å². The van der Waals surface area contributed by atoms with Gasteiger partial charge in [0.15, 0.2) is 0 Å².